The van der Waals surface area contributed by atoms with E-state index >= 15 is 0 Å². The molecule has 2 aromatic carbocycles. The maximum absolute atomic E-state index is 13.4. The zero-order chi connectivity index (χ0) is 22.8. The minimum Gasteiger partial charge on any atom is -0.366 e. The van der Waals surface area contributed by atoms with Gasteiger partial charge in [0.25, 0.3) is 0 Å². The van der Waals surface area contributed by atoms with Crippen molar-refractivity contribution in [2.75, 3.05) is 10.2 Å². The highest BCUT2D eigenvalue weighted by atomic mass is 32.1. The number of hydrogen-bond acceptors (Lipinski definition) is 4. The van der Waals surface area contributed by atoms with Crippen LogP contribution in [0.4, 0.5) is 11.4 Å². The summed E-state index contributed by atoms with van der Waals surface area (Å²) in [6.45, 7) is 3.78. The molecule has 4 rings (SSSR count). The van der Waals surface area contributed by atoms with Gasteiger partial charge in [-0.25, -0.2) is 0 Å². The lowest BCUT2D eigenvalue weighted by Gasteiger charge is -2.40. The van der Waals surface area contributed by atoms with E-state index in [1.165, 1.54) is 0 Å². The van der Waals surface area contributed by atoms with Crippen molar-refractivity contribution in [1.29, 1.82) is 0 Å². The first-order valence-electron chi connectivity index (χ1n) is 10.5. The van der Waals surface area contributed by atoms with Gasteiger partial charge in [0.1, 0.15) is 0 Å². The summed E-state index contributed by atoms with van der Waals surface area (Å²) in [6, 6.07) is 16.4. The standard InChI is InChI=1S/C25H25N3O3S/c1-15-5-8-18(9-6-15)28-22(29)12-11-20(23(28)21-4-3-13-32-21)25(31)27-17-7-10-19(24(26)30)16(2)14-17/h3-10,13-14,20,23H,11-12H2,1-2H3,(H2,26,30)(H,27,31). The Morgan fingerprint density at radius 3 is 2.47 bits per heavy atom. The summed E-state index contributed by atoms with van der Waals surface area (Å²) in [4.78, 5) is 40.7. The monoisotopic (exact) mass is 447 g/mol. The zero-order valence-electron chi connectivity index (χ0n) is 18.0. The summed E-state index contributed by atoms with van der Waals surface area (Å²) >= 11 is 1.54. The molecule has 0 aliphatic carbocycles. The Labute approximate surface area is 191 Å². The van der Waals surface area contributed by atoms with Gasteiger partial charge in [-0.1, -0.05) is 23.8 Å². The minimum atomic E-state index is -0.502. The number of nitrogens with one attached hydrogen (secondary N) is 1. The Kier molecular flexibility index (Phi) is 6.10. The van der Waals surface area contributed by atoms with Crippen molar-refractivity contribution in [3.05, 3.63) is 81.5 Å². The highest BCUT2D eigenvalue weighted by Gasteiger charge is 2.42. The van der Waals surface area contributed by atoms with Crippen LogP contribution in [0.1, 0.15) is 45.2 Å². The number of hydrogen-bond donors (Lipinski definition) is 2. The molecular weight excluding hydrogens is 422 g/mol. The lowest BCUT2D eigenvalue weighted by atomic mass is 9.86. The molecule has 1 aliphatic rings. The van der Waals surface area contributed by atoms with Crippen LogP contribution >= 0.6 is 11.3 Å². The van der Waals surface area contributed by atoms with Crippen molar-refractivity contribution in [3.8, 4) is 0 Å². The molecule has 0 spiro atoms. The molecule has 3 N–H and O–H groups in total. The fourth-order valence-electron chi connectivity index (χ4n) is 4.21. The van der Waals surface area contributed by atoms with Crippen LogP contribution in [0.5, 0.6) is 0 Å². The van der Waals surface area contributed by atoms with Crippen molar-refractivity contribution >= 4 is 40.4 Å². The maximum atomic E-state index is 13.4. The van der Waals surface area contributed by atoms with Crippen LogP contribution < -0.4 is 16.0 Å². The van der Waals surface area contributed by atoms with Gasteiger partial charge in [-0.05, 0) is 67.6 Å². The second kappa shape index (κ2) is 8.96. The maximum Gasteiger partial charge on any atom is 0.248 e. The summed E-state index contributed by atoms with van der Waals surface area (Å²) in [5.74, 6) is -1.06. The van der Waals surface area contributed by atoms with Crippen molar-refractivity contribution in [1.82, 2.24) is 0 Å². The summed E-state index contributed by atoms with van der Waals surface area (Å²) in [5, 5.41) is 4.94. The first kappa shape index (κ1) is 21.8. The predicted molar refractivity (Wildman–Crippen MR) is 127 cm³/mol. The number of aryl methyl sites for hydroxylation is 2. The molecular formula is C25H25N3O3S. The summed E-state index contributed by atoms with van der Waals surface area (Å²) in [7, 11) is 0. The van der Waals surface area contributed by atoms with Crippen molar-refractivity contribution in [3.63, 3.8) is 0 Å². The van der Waals surface area contributed by atoms with Crippen molar-refractivity contribution in [2.24, 2.45) is 11.7 Å². The first-order valence-corrected chi connectivity index (χ1v) is 11.4. The number of thiophene rings is 1. The Bertz CT molecular complexity index is 1160. The number of primary amides is 1. The van der Waals surface area contributed by atoms with Gasteiger partial charge >= 0.3 is 0 Å². The predicted octanol–water partition coefficient (Wildman–Crippen LogP) is 4.59. The SMILES string of the molecule is Cc1ccc(N2C(=O)CCC(C(=O)Nc3ccc(C(N)=O)c(C)c3)C2c2cccs2)cc1. The Balaban J connectivity index is 1.66. The number of nitrogens with zero attached hydrogens (tertiary/aromatic N) is 1. The van der Waals surface area contributed by atoms with E-state index in [4.69, 9.17) is 5.73 Å². The molecule has 164 valence electrons. The highest BCUT2D eigenvalue weighted by molar-refractivity contribution is 7.10. The molecule has 0 saturated carbocycles. The summed E-state index contributed by atoms with van der Waals surface area (Å²) < 4.78 is 0. The number of carbonyl (C=O) groups excluding carboxylic acids is 3. The van der Waals surface area contributed by atoms with Crippen molar-refractivity contribution < 1.29 is 14.4 Å². The minimum absolute atomic E-state index is 0.0120. The topological polar surface area (TPSA) is 92.5 Å². The third kappa shape index (κ3) is 4.29. The summed E-state index contributed by atoms with van der Waals surface area (Å²) in [5.41, 5.74) is 9.00. The molecule has 1 saturated heterocycles. The molecule has 2 heterocycles. The van der Waals surface area contributed by atoms with Gasteiger partial charge in [0, 0.05) is 28.2 Å². The van der Waals surface area contributed by atoms with Crippen LogP contribution in [0.25, 0.3) is 0 Å². The second-order valence-corrected chi connectivity index (χ2v) is 9.07. The van der Waals surface area contributed by atoms with Gasteiger partial charge in [-0.3, -0.25) is 14.4 Å². The van der Waals surface area contributed by atoms with Crippen LogP contribution in [-0.4, -0.2) is 17.7 Å². The van der Waals surface area contributed by atoms with Gasteiger partial charge in [0.15, 0.2) is 0 Å². The average molecular weight is 448 g/mol. The molecule has 6 nitrogen and oxygen atoms in total. The van der Waals surface area contributed by atoms with Crippen LogP contribution in [0.3, 0.4) is 0 Å². The molecule has 3 aromatic rings. The van der Waals surface area contributed by atoms with Crippen LogP contribution in [0.15, 0.2) is 60.0 Å². The number of nitrogens with two attached hydrogens (primary N) is 1. The number of amides is 3. The van der Waals surface area contributed by atoms with E-state index in [2.05, 4.69) is 5.32 Å². The summed E-state index contributed by atoms with van der Waals surface area (Å²) in [6.07, 6.45) is 0.765. The largest absolute Gasteiger partial charge is 0.366 e. The van der Waals surface area contributed by atoms with E-state index in [0.717, 1.165) is 16.1 Å². The van der Waals surface area contributed by atoms with Crippen LogP contribution in [-0.2, 0) is 9.59 Å². The number of carbonyl (C=O) groups is 3. The van der Waals surface area contributed by atoms with Crippen molar-refractivity contribution in [2.45, 2.75) is 32.7 Å². The average Bonchev–Trinajstić information content (AvgIpc) is 3.28. The van der Waals surface area contributed by atoms with E-state index in [1.54, 1.807) is 41.4 Å². The number of piperidine rings is 1. The number of benzene rings is 2. The van der Waals surface area contributed by atoms with Gasteiger partial charge in [-0.15, -0.1) is 11.3 Å². The van der Waals surface area contributed by atoms with Gasteiger partial charge < -0.3 is 16.0 Å². The zero-order valence-corrected chi connectivity index (χ0v) is 18.8. The molecule has 2 unspecified atom stereocenters. The molecule has 0 radical (unpaired) electrons. The molecule has 1 fully saturated rings. The fraction of sp³-hybridized carbons (Fsp3) is 0.240. The first-order chi connectivity index (χ1) is 15.3. The molecule has 3 amide bonds. The second-order valence-electron chi connectivity index (χ2n) is 8.09. The van der Waals surface area contributed by atoms with E-state index in [0.29, 0.717) is 29.7 Å². The van der Waals surface area contributed by atoms with Crippen LogP contribution in [0, 0.1) is 19.8 Å². The Morgan fingerprint density at radius 2 is 1.84 bits per heavy atom. The van der Waals surface area contributed by atoms with E-state index in [1.807, 2.05) is 48.7 Å². The molecule has 1 aliphatic heterocycles. The van der Waals surface area contributed by atoms with E-state index in [9.17, 15) is 14.4 Å². The van der Waals surface area contributed by atoms with Gasteiger partial charge in [0.2, 0.25) is 17.7 Å². The highest BCUT2D eigenvalue weighted by Crippen LogP contribution is 2.42. The molecule has 2 atom stereocenters. The lowest BCUT2D eigenvalue weighted by molar-refractivity contribution is -0.125. The van der Waals surface area contributed by atoms with E-state index in [-0.39, 0.29) is 17.9 Å². The normalized spacial score (nSPS) is 18.4. The Hall–Kier alpha value is -3.45. The van der Waals surface area contributed by atoms with Gasteiger partial charge in [0.05, 0.1) is 12.0 Å². The number of rotatable bonds is 5. The molecule has 0 bridgehead atoms. The third-order valence-corrected chi connectivity index (χ3v) is 6.78. The van der Waals surface area contributed by atoms with Gasteiger partial charge in [-0.2, -0.15) is 0 Å². The van der Waals surface area contributed by atoms with E-state index < -0.39 is 11.8 Å². The third-order valence-electron chi connectivity index (χ3n) is 5.84. The van der Waals surface area contributed by atoms with Crippen LogP contribution in [0.2, 0.25) is 0 Å². The molecule has 1 aromatic heterocycles. The Morgan fingerprint density at radius 1 is 1.09 bits per heavy atom. The molecule has 7 heteroatoms. The lowest BCUT2D eigenvalue weighted by Crippen LogP contribution is -2.46. The quantitative estimate of drug-likeness (QED) is 0.599. The molecule has 32 heavy (non-hydrogen) atoms. The smallest absolute Gasteiger partial charge is 0.248 e. The number of anilines is 2. The fourth-order valence-corrected chi connectivity index (χ4v) is 5.10.